The Kier molecular flexibility index (Phi) is 6.48. The van der Waals surface area contributed by atoms with E-state index in [0.29, 0.717) is 11.2 Å². The molecule has 0 amide bonds. The van der Waals surface area contributed by atoms with Gasteiger partial charge in [-0.15, -0.1) is 0 Å². The third-order valence-corrected chi connectivity index (χ3v) is 3.15. The molecule has 0 N–H and O–H groups in total. The molecule has 0 spiro atoms. The first-order valence-electron chi connectivity index (χ1n) is 6.01. The van der Waals surface area contributed by atoms with Gasteiger partial charge in [-0.3, -0.25) is 4.90 Å². The zero-order chi connectivity index (χ0) is 12.7. The number of nitrogens with zero attached hydrogens (tertiary/aromatic N) is 2. The zero-order valence-electron chi connectivity index (χ0n) is 10.8. The predicted molar refractivity (Wildman–Crippen MR) is 71.3 cm³/mol. The van der Waals surface area contributed by atoms with Crippen LogP contribution in [0.2, 0.25) is 5.15 Å². The Hall–Kier alpha value is -0.640. The number of halogens is 1. The first-order valence-corrected chi connectivity index (χ1v) is 6.39. The number of methoxy groups -OCH3 is 1. The second-order valence-electron chi connectivity index (χ2n) is 4.17. The van der Waals surface area contributed by atoms with E-state index >= 15 is 0 Å². The predicted octanol–water partition coefficient (Wildman–Crippen LogP) is 2.98. The fourth-order valence-electron chi connectivity index (χ4n) is 1.67. The summed E-state index contributed by atoms with van der Waals surface area (Å²) in [7, 11) is 1.73. The van der Waals surface area contributed by atoms with Gasteiger partial charge in [0.15, 0.2) is 0 Å². The van der Waals surface area contributed by atoms with E-state index in [9.17, 15) is 0 Å². The van der Waals surface area contributed by atoms with E-state index in [1.165, 1.54) is 0 Å². The minimum atomic E-state index is 0.519. The molecule has 1 aromatic heterocycles. The Morgan fingerprint density at radius 3 is 2.82 bits per heavy atom. The smallest absolute Gasteiger partial charge is 0.129 e. The zero-order valence-corrected chi connectivity index (χ0v) is 11.6. The molecule has 0 aliphatic carbocycles. The highest BCUT2D eigenvalue weighted by Crippen LogP contribution is 2.11. The third-order valence-electron chi connectivity index (χ3n) is 2.93. The first-order chi connectivity index (χ1) is 8.17. The van der Waals surface area contributed by atoms with Crippen LogP contribution in [0.25, 0.3) is 0 Å². The van der Waals surface area contributed by atoms with E-state index in [0.717, 1.165) is 31.8 Å². The Balaban J connectivity index is 2.64. The van der Waals surface area contributed by atoms with Gasteiger partial charge < -0.3 is 4.74 Å². The largest absolute Gasteiger partial charge is 0.383 e. The molecule has 0 radical (unpaired) electrons. The lowest BCUT2D eigenvalue weighted by Crippen LogP contribution is -2.35. The molecule has 0 saturated heterocycles. The molecule has 0 bridgehead atoms. The van der Waals surface area contributed by atoms with Gasteiger partial charge in [0.1, 0.15) is 5.15 Å². The van der Waals surface area contributed by atoms with Crippen LogP contribution in [0.1, 0.15) is 26.0 Å². The Bertz CT molecular complexity index is 333. The molecule has 0 aliphatic rings. The second kappa shape index (κ2) is 7.64. The van der Waals surface area contributed by atoms with Crippen molar-refractivity contribution >= 4 is 11.6 Å². The van der Waals surface area contributed by atoms with Crippen LogP contribution < -0.4 is 0 Å². The van der Waals surface area contributed by atoms with Crippen LogP contribution in [0, 0.1) is 0 Å². The van der Waals surface area contributed by atoms with Gasteiger partial charge in [-0.1, -0.05) is 24.6 Å². The van der Waals surface area contributed by atoms with Crippen molar-refractivity contribution in [3.8, 4) is 0 Å². The van der Waals surface area contributed by atoms with E-state index in [1.54, 1.807) is 13.2 Å². The summed E-state index contributed by atoms with van der Waals surface area (Å²) in [4.78, 5) is 6.68. The second-order valence-corrected chi connectivity index (χ2v) is 4.56. The number of aromatic nitrogens is 1. The molecular formula is C13H21ClN2O. The fraction of sp³-hybridized carbons (Fsp3) is 0.615. The number of hydrogen-bond donors (Lipinski definition) is 0. The minimum Gasteiger partial charge on any atom is -0.383 e. The molecule has 96 valence electrons. The van der Waals surface area contributed by atoms with Gasteiger partial charge in [0.05, 0.1) is 12.3 Å². The molecule has 3 nitrogen and oxygen atoms in total. The maximum atomic E-state index is 5.89. The van der Waals surface area contributed by atoms with Crippen molar-refractivity contribution in [2.45, 2.75) is 32.9 Å². The number of hydrogen-bond acceptors (Lipinski definition) is 3. The van der Waals surface area contributed by atoms with Crippen molar-refractivity contribution in [3.05, 3.63) is 29.0 Å². The molecule has 0 aromatic carbocycles. The highest BCUT2D eigenvalue weighted by molar-refractivity contribution is 6.29. The lowest BCUT2D eigenvalue weighted by molar-refractivity contribution is 0.117. The number of ether oxygens (including phenoxy) is 1. The maximum absolute atomic E-state index is 5.89. The van der Waals surface area contributed by atoms with Crippen molar-refractivity contribution in [2.24, 2.45) is 0 Å². The van der Waals surface area contributed by atoms with Gasteiger partial charge >= 0.3 is 0 Å². The van der Waals surface area contributed by atoms with Gasteiger partial charge in [-0.2, -0.15) is 0 Å². The van der Waals surface area contributed by atoms with Crippen molar-refractivity contribution < 1.29 is 4.74 Å². The molecule has 17 heavy (non-hydrogen) atoms. The summed E-state index contributed by atoms with van der Waals surface area (Å²) in [5.41, 5.74) is 1.01. The molecular weight excluding hydrogens is 236 g/mol. The van der Waals surface area contributed by atoms with Gasteiger partial charge in [-0.25, -0.2) is 4.98 Å². The Morgan fingerprint density at radius 1 is 1.47 bits per heavy atom. The lowest BCUT2D eigenvalue weighted by Gasteiger charge is -2.27. The van der Waals surface area contributed by atoms with E-state index < -0.39 is 0 Å². The number of pyridine rings is 1. The molecule has 4 heteroatoms. The summed E-state index contributed by atoms with van der Waals surface area (Å²) < 4.78 is 5.14. The van der Waals surface area contributed by atoms with Gasteiger partial charge in [0.2, 0.25) is 0 Å². The summed E-state index contributed by atoms with van der Waals surface area (Å²) in [6, 6.07) is 6.27. The van der Waals surface area contributed by atoms with Crippen molar-refractivity contribution in [3.63, 3.8) is 0 Å². The van der Waals surface area contributed by atoms with Crippen LogP contribution in [0.4, 0.5) is 0 Å². The Morgan fingerprint density at radius 2 is 2.24 bits per heavy atom. The van der Waals surface area contributed by atoms with Gasteiger partial charge in [-0.05, 0) is 25.5 Å². The summed E-state index contributed by atoms with van der Waals surface area (Å²) in [6.45, 7) is 6.89. The normalized spacial score (nSPS) is 13.0. The molecule has 0 fully saturated rings. The molecule has 1 rings (SSSR count). The van der Waals surface area contributed by atoms with Crippen LogP contribution in [0.3, 0.4) is 0 Å². The van der Waals surface area contributed by atoms with Gasteiger partial charge in [0, 0.05) is 26.2 Å². The Labute approximate surface area is 109 Å². The monoisotopic (exact) mass is 256 g/mol. The molecule has 1 atom stereocenters. The molecule has 1 aromatic rings. The first kappa shape index (κ1) is 14.4. The molecule has 1 unspecified atom stereocenters. The summed E-state index contributed by atoms with van der Waals surface area (Å²) in [5.74, 6) is 0. The van der Waals surface area contributed by atoms with Crippen LogP contribution in [0.15, 0.2) is 18.2 Å². The van der Waals surface area contributed by atoms with Crippen LogP contribution in [0.5, 0.6) is 0 Å². The van der Waals surface area contributed by atoms with Crippen molar-refractivity contribution in [2.75, 3.05) is 20.3 Å². The summed E-state index contributed by atoms with van der Waals surface area (Å²) >= 11 is 5.89. The minimum absolute atomic E-state index is 0.519. The van der Waals surface area contributed by atoms with E-state index in [-0.39, 0.29) is 0 Å². The van der Waals surface area contributed by atoms with Gasteiger partial charge in [0.25, 0.3) is 0 Å². The summed E-state index contributed by atoms with van der Waals surface area (Å²) in [6.07, 6.45) is 1.12. The van der Waals surface area contributed by atoms with Crippen LogP contribution in [-0.4, -0.2) is 36.2 Å². The standard InChI is InChI=1S/C13H21ClN2O/c1-4-11(2)16(8-9-17-3)10-12-6-5-7-13(14)15-12/h5-7,11H,4,8-10H2,1-3H3. The van der Waals surface area contributed by atoms with Crippen molar-refractivity contribution in [1.29, 1.82) is 0 Å². The van der Waals surface area contributed by atoms with E-state index in [4.69, 9.17) is 16.3 Å². The highest BCUT2D eigenvalue weighted by Gasteiger charge is 2.13. The SMILES string of the molecule is CCC(C)N(CCOC)Cc1cccc(Cl)n1. The summed E-state index contributed by atoms with van der Waals surface area (Å²) in [5, 5.41) is 0.554. The number of rotatable bonds is 7. The third kappa shape index (κ3) is 5.02. The van der Waals surface area contributed by atoms with Crippen LogP contribution in [-0.2, 0) is 11.3 Å². The van der Waals surface area contributed by atoms with E-state index in [2.05, 4.69) is 23.7 Å². The van der Waals surface area contributed by atoms with Crippen LogP contribution >= 0.6 is 11.6 Å². The topological polar surface area (TPSA) is 25.4 Å². The molecule has 0 saturated carbocycles. The fourth-order valence-corrected chi connectivity index (χ4v) is 1.85. The highest BCUT2D eigenvalue weighted by atomic mass is 35.5. The molecule has 0 aliphatic heterocycles. The lowest BCUT2D eigenvalue weighted by atomic mass is 10.2. The van der Waals surface area contributed by atoms with E-state index in [1.807, 2.05) is 12.1 Å². The maximum Gasteiger partial charge on any atom is 0.129 e. The average molecular weight is 257 g/mol. The quantitative estimate of drug-likeness (QED) is 0.702. The molecule has 1 heterocycles. The average Bonchev–Trinajstić information content (AvgIpc) is 2.33. The van der Waals surface area contributed by atoms with Crippen molar-refractivity contribution in [1.82, 2.24) is 9.88 Å².